The van der Waals surface area contributed by atoms with Gasteiger partial charge in [-0.3, -0.25) is 0 Å². The van der Waals surface area contributed by atoms with E-state index in [0.717, 1.165) is 6.92 Å². The minimum Gasteiger partial charge on any atom is -0.546 e. The molecule has 0 saturated carbocycles. The van der Waals surface area contributed by atoms with Crippen LogP contribution in [0.2, 0.25) is 0 Å². The average Bonchev–Trinajstić information content (AvgIpc) is 2.29. The molecule has 1 heterocycles. The number of aliphatic hydroxyl groups excluding tert-OH is 3. The molecule has 0 aromatic rings. The molecule has 1 unspecified atom stereocenters. The van der Waals surface area contributed by atoms with Gasteiger partial charge in [0.05, 0.1) is 18.0 Å². The number of aliphatic hydroxyl groups is 3. The van der Waals surface area contributed by atoms with Gasteiger partial charge in [-0.2, -0.15) is 0 Å². The Morgan fingerprint density at radius 3 is 1.80 bits per heavy atom. The maximum atomic E-state index is 13.8. The molecular weight excluding hydrogens is 301 g/mol. The van der Waals surface area contributed by atoms with Crippen LogP contribution in [-0.4, -0.2) is 63.4 Å². The van der Waals surface area contributed by atoms with Crippen molar-refractivity contribution in [2.45, 2.75) is 43.1 Å². The average molecular weight is 312 g/mol. The summed E-state index contributed by atoms with van der Waals surface area (Å²) in [5.74, 6) is -5.36. The standard InChI is InChI=1S/C9H13FO8.2Na/c1-2-3(11)4(12)5(13)6(18-2)9(10,7(14)15)8(16)17;;/h2-6,11-13H,1H3,(H,14,15)(H,16,17);;/q;2*+1/p-2/t2-,3-,4+,5+,6?;;/m0../s1. The molecule has 0 spiro atoms. The van der Waals surface area contributed by atoms with E-state index < -0.39 is 48.1 Å². The van der Waals surface area contributed by atoms with E-state index in [2.05, 4.69) is 4.74 Å². The van der Waals surface area contributed by atoms with Crippen molar-refractivity contribution in [1.82, 2.24) is 0 Å². The third-order valence-electron chi connectivity index (χ3n) is 2.84. The maximum Gasteiger partial charge on any atom is 1.00 e. The number of rotatable bonds is 3. The van der Waals surface area contributed by atoms with E-state index in [1.54, 1.807) is 0 Å². The number of carboxylic acids is 2. The van der Waals surface area contributed by atoms with Gasteiger partial charge in [0, 0.05) is 0 Å². The van der Waals surface area contributed by atoms with E-state index in [1.807, 2.05) is 0 Å². The van der Waals surface area contributed by atoms with Gasteiger partial charge in [-0.25, -0.2) is 4.39 Å². The molecule has 0 aromatic carbocycles. The molecule has 0 aromatic heterocycles. The summed E-state index contributed by atoms with van der Waals surface area (Å²) < 4.78 is 18.4. The fraction of sp³-hybridized carbons (Fsp3) is 0.778. The summed E-state index contributed by atoms with van der Waals surface area (Å²) in [6, 6.07) is 0. The van der Waals surface area contributed by atoms with Crippen LogP contribution in [-0.2, 0) is 14.3 Å². The normalized spacial score (nSPS) is 33.5. The van der Waals surface area contributed by atoms with E-state index in [1.165, 1.54) is 0 Å². The van der Waals surface area contributed by atoms with E-state index in [9.17, 15) is 39.5 Å². The van der Waals surface area contributed by atoms with E-state index in [-0.39, 0.29) is 59.1 Å². The Labute approximate surface area is 157 Å². The van der Waals surface area contributed by atoms with Gasteiger partial charge in [-0.05, 0) is 6.92 Å². The number of alkyl halides is 1. The second-order valence-electron chi connectivity index (χ2n) is 4.02. The quantitative estimate of drug-likeness (QED) is 0.343. The number of aliphatic carboxylic acids is 2. The van der Waals surface area contributed by atoms with Crippen molar-refractivity contribution in [2.75, 3.05) is 0 Å². The predicted octanol–water partition coefficient (Wildman–Crippen LogP) is -10.9. The molecular formula is C9H11FNa2O8. The monoisotopic (exact) mass is 312 g/mol. The fourth-order valence-electron chi connectivity index (χ4n) is 1.70. The topological polar surface area (TPSA) is 150 Å². The van der Waals surface area contributed by atoms with Gasteiger partial charge >= 0.3 is 59.1 Å². The van der Waals surface area contributed by atoms with Crippen LogP contribution in [0.1, 0.15) is 6.92 Å². The summed E-state index contributed by atoms with van der Waals surface area (Å²) in [7, 11) is 0. The summed E-state index contributed by atoms with van der Waals surface area (Å²) in [5, 5.41) is 49.2. The molecule has 0 amide bonds. The first kappa shape index (κ1) is 23.0. The molecule has 1 rings (SSSR count). The first-order valence-electron chi connectivity index (χ1n) is 4.95. The number of ether oxygens (including phenoxy) is 1. The molecule has 5 atom stereocenters. The van der Waals surface area contributed by atoms with Gasteiger partial charge in [-0.15, -0.1) is 0 Å². The smallest absolute Gasteiger partial charge is 0.546 e. The Bertz CT molecular complexity index is 354. The van der Waals surface area contributed by atoms with Crippen LogP contribution in [0, 0.1) is 0 Å². The SMILES string of the molecule is C[C@@H]1OC(C(F)(C(=O)[O-])C(=O)[O-])[C@H](O)[C@H](O)[C@H]1O.[Na+].[Na+]. The number of carboxylic acid groups (broad SMARTS) is 2. The van der Waals surface area contributed by atoms with Crippen LogP contribution in [0.4, 0.5) is 4.39 Å². The summed E-state index contributed by atoms with van der Waals surface area (Å²) in [6.45, 7) is 1.14. The first-order chi connectivity index (χ1) is 8.13. The summed E-state index contributed by atoms with van der Waals surface area (Å²) in [5.41, 5.74) is -4.14. The molecule has 11 heteroatoms. The molecule has 1 aliphatic rings. The van der Waals surface area contributed by atoms with Crippen molar-refractivity contribution in [2.24, 2.45) is 0 Å². The number of hydrogen-bond acceptors (Lipinski definition) is 8. The molecule has 1 fully saturated rings. The second kappa shape index (κ2) is 8.37. The van der Waals surface area contributed by atoms with Crippen LogP contribution in [0.5, 0.6) is 0 Å². The van der Waals surface area contributed by atoms with Crippen molar-refractivity contribution in [3.63, 3.8) is 0 Å². The number of hydrogen-bond donors (Lipinski definition) is 3. The Morgan fingerprint density at radius 1 is 1.05 bits per heavy atom. The minimum absolute atomic E-state index is 0. The maximum absolute atomic E-state index is 13.8. The minimum atomic E-state index is -4.14. The van der Waals surface area contributed by atoms with Crippen LogP contribution in [0.15, 0.2) is 0 Å². The zero-order valence-electron chi connectivity index (χ0n) is 11.1. The van der Waals surface area contributed by atoms with Crippen LogP contribution < -0.4 is 69.3 Å². The summed E-state index contributed by atoms with van der Waals surface area (Å²) in [4.78, 5) is 21.1. The Balaban J connectivity index is 0. The van der Waals surface area contributed by atoms with E-state index in [4.69, 9.17) is 0 Å². The van der Waals surface area contributed by atoms with Crippen molar-refractivity contribution in [3.8, 4) is 0 Å². The van der Waals surface area contributed by atoms with Gasteiger partial charge in [0.1, 0.15) is 24.4 Å². The zero-order valence-corrected chi connectivity index (χ0v) is 15.1. The number of carbonyl (C=O) groups excluding carboxylic acids is 2. The van der Waals surface area contributed by atoms with Crippen molar-refractivity contribution in [1.29, 1.82) is 0 Å². The summed E-state index contributed by atoms with van der Waals surface area (Å²) in [6.07, 6.45) is -9.60. The Kier molecular flexibility index (Phi) is 9.62. The van der Waals surface area contributed by atoms with Gasteiger partial charge in [0.25, 0.3) is 0 Å². The van der Waals surface area contributed by atoms with Gasteiger partial charge in [0.2, 0.25) is 5.67 Å². The molecule has 3 N–H and O–H groups in total. The summed E-state index contributed by atoms with van der Waals surface area (Å²) >= 11 is 0. The number of carbonyl (C=O) groups is 2. The van der Waals surface area contributed by atoms with E-state index >= 15 is 0 Å². The molecule has 0 aliphatic carbocycles. The van der Waals surface area contributed by atoms with Crippen molar-refractivity contribution in [3.05, 3.63) is 0 Å². The van der Waals surface area contributed by atoms with Gasteiger partial charge in [-0.1, -0.05) is 0 Å². The Hall–Kier alpha value is 0.710. The number of halogens is 1. The molecule has 0 bridgehead atoms. The second-order valence-corrected chi connectivity index (χ2v) is 4.02. The predicted molar refractivity (Wildman–Crippen MR) is 46.2 cm³/mol. The zero-order chi connectivity index (χ0) is 14.2. The van der Waals surface area contributed by atoms with Crippen LogP contribution >= 0.6 is 0 Å². The van der Waals surface area contributed by atoms with E-state index in [0.29, 0.717) is 0 Å². The van der Waals surface area contributed by atoms with Crippen LogP contribution in [0.25, 0.3) is 0 Å². The van der Waals surface area contributed by atoms with Crippen molar-refractivity contribution < 1.29 is 103 Å². The Morgan fingerprint density at radius 2 is 1.45 bits per heavy atom. The first-order valence-corrected chi connectivity index (χ1v) is 4.95. The molecule has 104 valence electrons. The van der Waals surface area contributed by atoms with Gasteiger partial charge < -0.3 is 39.9 Å². The molecule has 1 aliphatic heterocycles. The van der Waals surface area contributed by atoms with Crippen molar-refractivity contribution >= 4 is 11.9 Å². The molecule has 8 nitrogen and oxygen atoms in total. The largest absolute Gasteiger partial charge is 1.00 e. The molecule has 20 heavy (non-hydrogen) atoms. The molecule has 0 radical (unpaired) electrons. The van der Waals surface area contributed by atoms with Gasteiger partial charge in [0.15, 0.2) is 0 Å². The third kappa shape index (κ3) is 3.92. The third-order valence-corrected chi connectivity index (χ3v) is 2.84. The fourth-order valence-corrected chi connectivity index (χ4v) is 1.70. The van der Waals surface area contributed by atoms with Crippen LogP contribution in [0.3, 0.4) is 0 Å². The molecule has 1 saturated heterocycles.